The van der Waals surface area contributed by atoms with Crippen LogP contribution >= 0.6 is 0 Å². The third kappa shape index (κ3) is 5.47. The van der Waals surface area contributed by atoms with Gasteiger partial charge >= 0.3 is 0 Å². The Kier molecular flexibility index (Phi) is 7.45. The molecule has 0 aliphatic rings. The van der Waals surface area contributed by atoms with E-state index in [0.29, 0.717) is 5.56 Å². The Labute approximate surface area is 172 Å². The smallest absolute Gasteiger partial charge is 0.280 e. The average Bonchev–Trinajstić information content (AvgIpc) is 3.05. The zero-order valence-corrected chi connectivity index (χ0v) is 17.3. The Bertz CT molecular complexity index is 971. The van der Waals surface area contributed by atoms with Crippen LogP contribution in [0.3, 0.4) is 0 Å². The lowest BCUT2D eigenvalue weighted by molar-refractivity contribution is 0.643. The van der Waals surface area contributed by atoms with Gasteiger partial charge in [-0.1, -0.05) is 69.0 Å². The number of H-pyrrole nitrogens is 1. The number of hydrogen-bond acceptors (Lipinski definition) is 3. The van der Waals surface area contributed by atoms with Crippen LogP contribution in [0.1, 0.15) is 56.7 Å². The van der Waals surface area contributed by atoms with Gasteiger partial charge in [0.05, 0.1) is 22.6 Å². The van der Waals surface area contributed by atoms with Gasteiger partial charge in [0, 0.05) is 5.69 Å². The molecule has 0 fully saturated rings. The van der Waals surface area contributed by atoms with Crippen LogP contribution in [-0.2, 0) is 0 Å². The maximum absolute atomic E-state index is 13.2. The summed E-state index contributed by atoms with van der Waals surface area (Å²) in [5, 5.41) is 7.86. The lowest BCUT2D eigenvalue weighted by Crippen LogP contribution is -2.21. The molecule has 0 atom stereocenters. The summed E-state index contributed by atoms with van der Waals surface area (Å²) in [4.78, 5) is 13.2. The number of aryl methyl sites for hydroxylation is 1. The number of aromatic nitrogens is 2. The van der Waals surface area contributed by atoms with E-state index < -0.39 is 0 Å². The van der Waals surface area contributed by atoms with Gasteiger partial charge in [0.15, 0.2) is 0 Å². The molecule has 0 spiro atoms. The highest BCUT2D eigenvalue weighted by atomic mass is 16.1. The fraction of sp³-hybridized carbons (Fsp3) is 0.333. The largest absolute Gasteiger partial charge is 0.295 e. The molecule has 0 aliphatic carbocycles. The number of rotatable bonds is 10. The number of anilines is 1. The summed E-state index contributed by atoms with van der Waals surface area (Å²) < 4.78 is 1.60. The minimum absolute atomic E-state index is 0.0594. The van der Waals surface area contributed by atoms with Crippen molar-refractivity contribution in [2.24, 2.45) is 5.10 Å². The summed E-state index contributed by atoms with van der Waals surface area (Å²) in [7, 11) is 0. The Morgan fingerprint density at radius 3 is 2.31 bits per heavy atom. The second kappa shape index (κ2) is 10.5. The number of aromatic amines is 1. The molecular formula is C24H30N4O. The van der Waals surface area contributed by atoms with Crippen molar-refractivity contribution in [3.63, 3.8) is 0 Å². The van der Waals surface area contributed by atoms with Crippen LogP contribution in [0.15, 0.2) is 70.6 Å². The van der Waals surface area contributed by atoms with Crippen molar-refractivity contribution in [1.29, 1.82) is 0 Å². The van der Waals surface area contributed by atoms with Crippen LogP contribution < -0.4 is 11.0 Å². The third-order valence-electron chi connectivity index (χ3n) is 4.99. The topological polar surface area (TPSA) is 62.2 Å². The van der Waals surface area contributed by atoms with Gasteiger partial charge in [0.2, 0.25) is 0 Å². The van der Waals surface area contributed by atoms with E-state index in [1.807, 2.05) is 67.6 Å². The van der Waals surface area contributed by atoms with Crippen LogP contribution in [0.25, 0.3) is 5.69 Å². The minimum atomic E-state index is -0.0594. The van der Waals surface area contributed by atoms with E-state index in [1.165, 1.54) is 19.3 Å². The van der Waals surface area contributed by atoms with Gasteiger partial charge in [0.1, 0.15) is 0 Å². The Hall–Kier alpha value is -3.08. The fourth-order valence-corrected chi connectivity index (χ4v) is 3.42. The lowest BCUT2D eigenvalue weighted by Gasteiger charge is -2.07. The Morgan fingerprint density at radius 2 is 1.62 bits per heavy atom. The van der Waals surface area contributed by atoms with Gasteiger partial charge in [-0.05, 0) is 44.0 Å². The van der Waals surface area contributed by atoms with Gasteiger partial charge in [-0.25, -0.2) is 4.68 Å². The van der Waals surface area contributed by atoms with Crippen molar-refractivity contribution < 1.29 is 0 Å². The molecule has 0 radical (unpaired) electrons. The fourth-order valence-electron chi connectivity index (χ4n) is 3.42. The van der Waals surface area contributed by atoms with Crippen molar-refractivity contribution >= 4 is 11.4 Å². The molecular weight excluding hydrogens is 360 g/mol. The molecule has 0 bridgehead atoms. The molecule has 1 heterocycles. The van der Waals surface area contributed by atoms with Crippen molar-refractivity contribution in [1.82, 2.24) is 9.78 Å². The van der Waals surface area contributed by atoms with Crippen LogP contribution in [0.5, 0.6) is 0 Å². The maximum atomic E-state index is 13.2. The van der Waals surface area contributed by atoms with Crippen LogP contribution in [-0.4, -0.2) is 15.5 Å². The van der Waals surface area contributed by atoms with Crippen molar-refractivity contribution in [2.45, 2.75) is 52.4 Å². The summed E-state index contributed by atoms with van der Waals surface area (Å²) in [6.07, 6.45) is 6.62. The number of benzene rings is 2. The number of nitrogens with one attached hydrogen (secondary N) is 2. The van der Waals surface area contributed by atoms with Gasteiger partial charge in [-0.2, -0.15) is 5.10 Å². The number of para-hydroxylation sites is 2. The molecule has 0 unspecified atom stereocenters. The minimum Gasteiger partial charge on any atom is -0.295 e. The lowest BCUT2D eigenvalue weighted by atomic mass is 10.0. The highest BCUT2D eigenvalue weighted by Crippen LogP contribution is 2.14. The first-order chi connectivity index (χ1) is 14.2. The van der Waals surface area contributed by atoms with E-state index in [4.69, 9.17) is 0 Å². The number of hydrogen-bond donors (Lipinski definition) is 2. The molecule has 5 heteroatoms. The molecule has 1 aromatic heterocycles. The van der Waals surface area contributed by atoms with Crippen LogP contribution in [0.2, 0.25) is 0 Å². The molecule has 152 valence electrons. The van der Waals surface area contributed by atoms with E-state index in [2.05, 4.69) is 22.5 Å². The first-order valence-electron chi connectivity index (χ1n) is 10.5. The van der Waals surface area contributed by atoms with E-state index in [-0.39, 0.29) is 5.56 Å². The predicted octanol–water partition coefficient (Wildman–Crippen LogP) is 5.65. The zero-order valence-electron chi connectivity index (χ0n) is 17.3. The molecule has 0 saturated heterocycles. The van der Waals surface area contributed by atoms with Crippen LogP contribution in [0, 0.1) is 6.92 Å². The summed E-state index contributed by atoms with van der Waals surface area (Å²) >= 11 is 0. The van der Waals surface area contributed by atoms with Gasteiger partial charge in [-0.15, -0.1) is 0 Å². The number of hydrazone groups is 1. The highest BCUT2D eigenvalue weighted by molar-refractivity contribution is 6.01. The molecule has 0 amide bonds. The normalized spacial score (nSPS) is 11.6. The van der Waals surface area contributed by atoms with Gasteiger partial charge in [0.25, 0.3) is 5.56 Å². The Morgan fingerprint density at radius 1 is 0.966 bits per heavy atom. The van der Waals surface area contributed by atoms with E-state index in [9.17, 15) is 4.79 Å². The average molecular weight is 391 g/mol. The molecule has 2 aromatic carbocycles. The van der Waals surface area contributed by atoms with Crippen molar-refractivity contribution in [2.75, 3.05) is 5.43 Å². The van der Waals surface area contributed by atoms with Gasteiger partial charge < -0.3 is 0 Å². The maximum Gasteiger partial charge on any atom is 0.280 e. The first-order valence-corrected chi connectivity index (χ1v) is 10.5. The van der Waals surface area contributed by atoms with Crippen molar-refractivity contribution in [3.8, 4) is 5.69 Å². The molecule has 3 aromatic rings. The molecule has 3 rings (SSSR count). The molecule has 29 heavy (non-hydrogen) atoms. The second-order valence-corrected chi connectivity index (χ2v) is 7.29. The second-order valence-electron chi connectivity index (χ2n) is 7.29. The molecule has 2 N–H and O–H groups in total. The Balaban J connectivity index is 1.88. The summed E-state index contributed by atoms with van der Waals surface area (Å²) in [6, 6.07) is 19.5. The third-order valence-corrected chi connectivity index (χ3v) is 4.99. The molecule has 0 aliphatic heterocycles. The predicted molar refractivity (Wildman–Crippen MR) is 121 cm³/mol. The molecule has 0 saturated carbocycles. The number of unbranched alkanes of at least 4 members (excludes halogenated alkanes) is 4. The van der Waals surface area contributed by atoms with Crippen LogP contribution in [0.4, 0.5) is 5.69 Å². The molecule has 5 nitrogen and oxygen atoms in total. The first kappa shape index (κ1) is 20.6. The number of nitrogens with zero attached hydrogens (tertiary/aromatic N) is 2. The highest BCUT2D eigenvalue weighted by Gasteiger charge is 2.18. The monoisotopic (exact) mass is 390 g/mol. The quantitative estimate of drug-likeness (QED) is 0.267. The SMILES string of the molecule is CCCCCCC/C(=N/Nc1ccccc1)c1c(C)[nH]n(-c2ccccc2)c1=O. The van der Waals surface area contributed by atoms with E-state index in [0.717, 1.165) is 42.0 Å². The van der Waals surface area contributed by atoms with E-state index in [1.54, 1.807) is 4.68 Å². The van der Waals surface area contributed by atoms with E-state index >= 15 is 0 Å². The summed E-state index contributed by atoms with van der Waals surface area (Å²) in [5.74, 6) is 0. The van der Waals surface area contributed by atoms with Crippen molar-refractivity contribution in [3.05, 3.63) is 82.3 Å². The zero-order chi connectivity index (χ0) is 20.5. The standard InChI is InChI=1S/C24H30N4O/c1-3-4-5-6-13-18-22(26-25-20-14-9-7-10-15-20)23-19(2)27-28(24(23)29)21-16-11-8-12-17-21/h7-12,14-17,25,27H,3-6,13,18H2,1-2H3/b26-22-. The summed E-state index contributed by atoms with van der Waals surface area (Å²) in [5.41, 5.74) is 7.10. The van der Waals surface area contributed by atoms with Gasteiger partial charge in [-0.3, -0.25) is 15.3 Å². The summed E-state index contributed by atoms with van der Waals surface area (Å²) in [6.45, 7) is 4.15.